The van der Waals surface area contributed by atoms with Crippen molar-refractivity contribution in [1.82, 2.24) is 4.98 Å². The van der Waals surface area contributed by atoms with Gasteiger partial charge in [-0.2, -0.15) is 0 Å². The Bertz CT molecular complexity index is 974. The number of hydrogen-bond acceptors (Lipinski definition) is 4. The number of halogens is 1. The van der Waals surface area contributed by atoms with E-state index in [0.29, 0.717) is 17.1 Å². The quantitative estimate of drug-likeness (QED) is 0.634. The zero-order valence-corrected chi connectivity index (χ0v) is 14.5. The van der Waals surface area contributed by atoms with Gasteiger partial charge in [0, 0.05) is 24.0 Å². The van der Waals surface area contributed by atoms with Gasteiger partial charge < -0.3 is 16.0 Å². The van der Waals surface area contributed by atoms with Crippen LogP contribution in [0.25, 0.3) is 0 Å². The summed E-state index contributed by atoms with van der Waals surface area (Å²) < 4.78 is 13.2. The molecule has 0 aliphatic heterocycles. The Morgan fingerprint density at radius 2 is 1.56 bits per heavy atom. The number of carbonyl (C=O) groups is 2. The number of carbonyl (C=O) groups excluding carboxylic acids is 2. The van der Waals surface area contributed by atoms with E-state index < -0.39 is 11.7 Å². The van der Waals surface area contributed by atoms with Gasteiger partial charge in [-0.15, -0.1) is 0 Å². The Morgan fingerprint density at radius 3 is 2.22 bits per heavy atom. The molecule has 6 nitrogen and oxygen atoms in total. The summed E-state index contributed by atoms with van der Waals surface area (Å²) in [6.07, 6.45) is 1.52. The highest BCUT2D eigenvalue weighted by molar-refractivity contribution is 6.03. The van der Waals surface area contributed by atoms with Crippen molar-refractivity contribution in [2.24, 2.45) is 0 Å². The van der Waals surface area contributed by atoms with Gasteiger partial charge in [0.2, 0.25) is 5.91 Å². The number of nitrogens with zero attached hydrogens (tertiary/aromatic N) is 1. The fourth-order valence-electron chi connectivity index (χ4n) is 2.41. The molecule has 3 rings (SSSR count). The van der Waals surface area contributed by atoms with Gasteiger partial charge >= 0.3 is 0 Å². The number of pyridine rings is 1. The van der Waals surface area contributed by atoms with Crippen LogP contribution < -0.4 is 16.0 Å². The van der Waals surface area contributed by atoms with Crippen molar-refractivity contribution >= 4 is 34.6 Å². The van der Waals surface area contributed by atoms with Crippen molar-refractivity contribution in [3.05, 3.63) is 78.4 Å². The number of anilines is 4. The van der Waals surface area contributed by atoms with Crippen LogP contribution in [0.15, 0.2) is 66.9 Å². The molecular formula is C20H17FN4O2. The molecule has 0 aliphatic rings. The topological polar surface area (TPSA) is 83.1 Å². The second-order valence-electron chi connectivity index (χ2n) is 5.78. The summed E-state index contributed by atoms with van der Waals surface area (Å²) in [6.45, 7) is 1.44. The van der Waals surface area contributed by atoms with Crippen LogP contribution in [-0.2, 0) is 4.79 Å². The summed E-state index contributed by atoms with van der Waals surface area (Å²) in [5.74, 6) is -1.01. The molecule has 0 bridgehead atoms. The van der Waals surface area contributed by atoms with Gasteiger partial charge in [0.1, 0.15) is 11.5 Å². The van der Waals surface area contributed by atoms with E-state index in [0.717, 1.165) is 5.69 Å². The summed E-state index contributed by atoms with van der Waals surface area (Å²) in [5.41, 5.74) is 2.68. The predicted molar refractivity (Wildman–Crippen MR) is 103 cm³/mol. The minimum absolute atomic E-state index is 0.150. The maximum Gasteiger partial charge on any atom is 0.274 e. The van der Waals surface area contributed by atoms with E-state index >= 15 is 0 Å². The smallest absolute Gasteiger partial charge is 0.274 e. The molecule has 0 saturated carbocycles. The van der Waals surface area contributed by atoms with Crippen molar-refractivity contribution in [2.45, 2.75) is 6.92 Å². The maximum atomic E-state index is 13.2. The van der Waals surface area contributed by atoms with Gasteiger partial charge in [-0.3, -0.25) is 9.59 Å². The van der Waals surface area contributed by atoms with Gasteiger partial charge in [-0.1, -0.05) is 12.1 Å². The Kier molecular flexibility index (Phi) is 5.41. The van der Waals surface area contributed by atoms with E-state index in [1.807, 2.05) is 12.1 Å². The van der Waals surface area contributed by atoms with E-state index in [4.69, 9.17) is 0 Å². The Morgan fingerprint density at radius 1 is 0.852 bits per heavy atom. The number of benzene rings is 2. The van der Waals surface area contributed by atoms with Crippen LogP contribution >= 0.6 is 0 Å². The lowest BCUT2D eigenvalue weighted by Gasteiger charge is -2.09. The molecule has 0 unspecified atom stereocenters. The molecule has 3 N–H and O–H groups in total. The van der Waals surface area contributed by atoms with E-state index in [2.05, 4.69) is 20.9 Å². The summed E-state index contributed by atoms with van der Waals surface area (Å²) in [6, 6.07) is 16.1. The highest BCUT2D eigenvalue weighted by Gasteiger charge is 2.08. The molecule has 2 amide bonds. The first-order valence-corrected chi connectivity index (χ1v) is 8.17. The first-order valence-electron chi connectivity index (χ1n) is 8.17. The zero-order chi connectivity index (χ0) is 19.2. The standard InChI is InChI=1S/C20H17FN4O2/c1-13(26)23-16-6-3-7-17(11-16)24-18-8-9-19(22-12-18)20(27)25-15-5-2-4-14(21)10-15/h2-12,24H,1H3,(H,23,26)(H,25,27). The first kappa shape index (κ1) is 18.1. The Labute approximate surface area is 155 Å². The summed E-state index contributed by atoms with van der Waals surface area (Å²) in [5, 5.41) is 8.45. The first-order chi connectivity index (χ1) is 13.0. The lowest BCUT2D eigenvalue weighted by Crippen LogP contribution is -2.13. The predicted octanol–water partition coefficient (Wildman–Crippen LogP) is 4.18. The molecule has 0 spiro atoms. The van der Waals surface area contributed by atoms with Crippen LogP contribution in [0.3, 0.4) is 0 Å². The Balaban J connectivity index is 1.66. The zero-order valence-electron chi connectivity index (χ0n) is 14.5. The Hall–Kier alpha value is -3.74. The monoisotopic (exact) mass is 364 g/mol. The number of rotatable bonds is 5. The molecule has 1 heterocycles. The molecule has 0 atom stereocenters. The second-order valence-corrected chi connectivity index (χ2v) is 5.78. The number of nitrogens with one attached hydrogen (secondary N) is 3. The summed E-state index contributed by atoms with van der Waals surface area (Å²) in [7, 11) is 0. The number of aromatic nitrogens is 1. The van der Waals surface area contributed by atoms with Crippen LogP contribution in [0.1, 0.15) is 17.4 Å². The lowest BCUT2D eigenvalue weighted by atomic mass is 10.2. The molecule has 0 aliphatic carbocycles. The van der Waals surface area contributed by atoms with Gasteiger partial charge in [0.05, 0.1) is 11.9 Å². The highest BCUT2D eigenvalue weighted by atomic mass is 19.1. The molecule has 136 valence electrons. The van der Waals surface area contributed by atoms with Gasteiger partial charge in [0.15, 0.2) is 0 Å². The van der Waals surface area contributed by atoms with Gasteiger partial charge in [-0.05, 0) is 48.5 Å². The van der Waals surface area contributed by atoms with E-state index in [-0.39, 0.29) is 11.6 Å². The minimum Gasteiger partial charge on any atom is -0.354 e. The number of amides is 2. The fourth-order valence-corrected chi connectivity index (χ4v) is 2.41. The van der Waals surface area contributed by atoms with Crippen LogP contribution in [0.5, 0.6) is 0 Å². The molecular weight excluding hydrogens is 347 g/mol. The third-order valence-electron chi connectivity index (χ3n) is 3.55. The van der Waals surface area contributed by atoms with Crippen molar-refractivity contribution in [2.75, 3.05) is 16.0 Å². The van der Waals surface area contributed by atoms with Crippen molar-refractivity contribution in [1.29, 1.82) is 0 Å². The highest BCUT2D eigenvalue weighted by Crippen LogP contribution is 2.20. The average Bonchev–Trinajstić information content (AvgIpc) is 2.62. The molecule has 2 aromatic carbocycles. The van der Waals surface area contributed by atoms with E-state index in [1.165, 1.54) is 31.3 Å². The number of hydrogen-bond donors (Lipinski definition) is 3. The van der Waals surface area contributed by atoms with Crippen molar-refractivity contribution in [3.63, 3.8) is 0 Å². The normalized spacial score (nSPS) is 10.1. The fraction of sp³-hybridized carbons (Fsp3) is 0.0500. The molecule has 0 radical (unpaired) electrons. The third-order valence-corrected chi connectivity index (χ3v) is 3.55. The maximum absolute atomic E-state index is 13.2. The van der Waals surface area contributed by atoms with Crippen LogP contribution in [0, 0.1) is 5.82 Å². The van der Waals surface area contributed by atoms with Gasteiger partial charge in [-0.25, -0.2) is 9.37 Å². The van der Waals surface area contributed by atoms with Crippen molar-refractivity contribution < 1.29 is 14.0 Å². The van der Waals surface area contributed by atoms with E-state index in [9.17, 15) is 14.0 Å². The molecule has 7 heteroatoms. The third kappa shape index (κ3) is 5.12. The minimum atomic E-state index is -0.431. The summed E-state index contributed by atoms with van der Waals surface area (Å²) in [4.78, 5) is 27.4. The average molecular weight is 364 g/mol. The molecule has 0 saturated heterocycles. The van der Waals surface area contributed by atoms with Gasteiger partial charge in [0.25, 0.3) is 5.91 Å². The molecule has 3 aromatic rings. The van der Waals surface area contributed by atoms with Crippen LogP contribution in [0.2, 0.25) is 0 Å². The van der Waals surface area contributed by atoms with Crippen LogP contribution in [-0.4, -0.2) is 16.8 Å². The lowest BCUT2D eigenvalue weighted by molar-refractivity contribution is -0.114. The summed E-state index contributed by atoms with van der Waals surface area (Å²) >= 11 is 0. The second kappa shape index (κ2) is 8.09. The van der Waals surface area contributed by atoms with Crippen LogP contribution in [0.4, 0.5) is 27.1 Å². The molecule has 0 fully saturated rings. The van der Waals surface area contributed by atoms with Crippen molar-refractivity contribution in [3.8, 4) is 0 Å². The molecule has 1 aromatic heterocycles. The van der Waals surface area contributed by atoms with E-state index in [1.54, 1.807) is 30.3 Å². The molecule has 27 heavy (non-hydrogen) atoms. The SMILES string of the molecule is CC(=O)Nc1cccc(Nc2ccc(C(=O)Nc3cccc(F)c3)nc2)c1. The largest absolute Gasteiger partial charge is 0.354 e.